The summed E-state index contributed by atoms with van der Waals surface area (Å²) in [6.45, 7) is 8.54. The number of hydrogen-bond acceptors (Lipinski definition) is 6. The number of hydrogen-bond donors (Lipinski definition) is 1. The number of thiophene rings is 1. The average Bonchev–Trinajstić information content (AvgIpc) is 3.20. The Morgan fingerprint density at radius 3 is 2.50 bits per heavy atom. The van der Waals surface area contributed by atoms with Crippen LogP contribution in [0.1, 0.15) is 49.6 Å². The largest absolute Gasteiger partial charge is 0.315 e. The van der Waals surface area contributed by atoms with E-state index in [0.29, 0.717) is 47.7 Å². The number of nitrogens with one attached hydrogen (secondary N) is 1. The Labute approximate surface area is 223 Å². The van der Waals surface area contributed by atoms with Crippen molar-refractivity contribution in [1.82, 2.24) is 9.21 Å². The van der Waals surface area contributed by atoms with E-state index in [4.69, 9.17) is 11.6 Å². The Kier molecular flexibility index (Phi) is 8.13. The highest BCUT2D eigenvalue weighted by molar-refractivity contribution is 7.89. The number of fused-ring (bicyclic) bond motifs is 1. The molecule has 1 aromatic heterocycles. The van der Waals surface area contributed by atoms with Crippen molar-refractivity contribution in [2.45, 2.75) is 51.3 Å². The minimum Gasteiger partial charge on any atom is -0.315 e. The molecule has 1 saturated heterocycles. The van der Waals surface area contributed by atoms with Gasteiger partial charge < -0.3 is 5.32 Å². The second-order valence-electron chi connectivity index (χ2n) is 10.3. The first kappa shape index (κ1) is 27.1. The lowest BCUT2D eigenvalue weighted by atomic mass is 9.69. The van der Waals surface area contributed by atoms with Gasteiger partial charge in [-0.05, 0) is 60.4 Å². The van der Waals surface area contributed by atoms with Crippen LogP contribution in [0.3, 0.4) is 0 Å². The van der Waals surface area contributed by atoms with Gasteiger partial charge in [0, 0.05) is 36.1 Å². The molecule has 2 aromatic rings. The summed E-state index contributed by atoms with van der Waals surface area (Å²) in [5.74, 6) is 0.397. The van der Waals surface area contributed by atoms with Crippen molar-refractivity contribution in [3.8, 4) is 6.07 Å². The van der Waals surface area contributed by atoms with E-state index in [1.165, 1.54) is 32.7 Å². The number of nitriles is 1. The molecule has 2 aliphatic rings. The van der Waals surface area contributed by atoms with E-state index in [0.717, 1.165) is 31.2 Å². The number of rotatable bonds is 7. The van der Waals surface area contributed by atoms with E-state index < -0.39 is 10.0 Å². The fourth-order valence-electron chi connectivity index (χ4n) is 5.00. The molecule has 7 nitrogen and oxygen atoms in total. The summed E-state index contributed by atoms with van der Waals surface area (Å²) in [5, 5.41) is 13.9. The average molecular weight is 549 g/mol. The zero-order valence-electron chi connectivity index (χ0n) is 21.0. The molecule has 1 aliphatic heterocycles. The number of amides is 1. The van der Waals surface area contributed by atoms with Crippen LogP contribution in [0.15, 0.2) is 29.2 Å². The number of benzene rings is 1. The van der Waals surface area contributed by atoms with Crippen molar-refractivity contribution in [2.75, 3.05) is 38.0 Å². The lowest BCUT2D eigenvalue weighted by Gasteiger charge is -2.36. The summed E-state index contributed by atoms with van der Waals surface area (Å²) in [6.07, 6.45) is 4.01. The molecule has 0 saturated carbocycles. The van der Waals surface area contributed by atoms with Gasteiger partial charge >= 0.3 is 0 Å². The molecule has 1 aromatic carbocycles. The maximum atomic E-state index is 12.9. The first-order chi connectivity index (χ1) is 17.0. The SMILES string of the molecule is CCC(C)(C)C1CCc2c(sc(NC(=O)CN3CCN(S(=O)(=O)c4ccc(Cl)cc4)CC3)c2C#N)C1. The van der Waals surface area contributed by atoms with E-state index in [2.05, 4.69) is 32.2 Å². The highest BCUT2D eigenvalue weighted by atomic mass is 35.5. The van der Waals surface area contributed by atoms with E-state index in [1.54, 1.807) is 12.1 Å². The van der Waals surface area contributed by atoms with Crippen LogP contribution in [-0.2, 0) is 27.7 Å². The Morgan fingerprint density at radius 2 is 1.89 bits per heavy atom. The van der Waals surface area contributed by atoms with Gasteiger partial charge in [-0.2, -0.15) is 9.57 Å². The monoisotopic (exact) mass is 548 g/mol. The van der Waals surface area contributed by atoms with Gasteiger partial charge in [0.2, 0.25) is 15.9 Å². The summed E-state index contributed by atoms with van der Waals surface area (Å²) >= 11 is 7.42. The summed E-state index contributed by atoms with van der Waals surface area (Å²) in [7, 11) is -3.59. The quantitative estimate of drug-likeness (QED) is 0.538. The van der Waals surface area contributed by atoms with Crippen molar-refractivity contribution in [1.29, 1.82) is 5.26 Å². The van der Waals surface area contributed by atoms with Gasteiger partial charge in [-0.25, -0.2) is 8.42 Å². The highest BCUT2D eigenvalue weighted by Gasteiger charge is 2.34. The Balaban J connectivity index is 1.35. The molecule has 1 atom stereocenters. The molecular formula is C26H33ClN4O3S2. The Morgan fingerprint density at radius 1 is 1.22 bits per heavy atom. The van der Waals surface area contributed by atoms with E-state index in [1.807, 2.05) is 4.90 Å². The van der Waals surface area contributed by atoms with Crippen LogP contribution < -0.4 is 5.32 Å². The summed E-state index contributed by atoms with van der Waals surface area (Å²) in [5.41, 5.74) is 1.96. The Hall–Kier alpha value is -1.96. The highest BCUT2D eigenvalue weighted by Crippen LogP contribution is 2.45. The second kappa shape index (κ2) is 10.8. The number of sulfonamides is 1. The molecule has 0 spiro atoms. The molecule has 36 heavy (non-hydrogen) atoms. The number of carbonyl (C=O) groups is 1. The topological polar surface area (TPSA) is 93.5 Å². The van der Waals surface area contributed by atoms with Crippen LogP contribution in [-0.4, -0.2) is 56.3 Å². The van der Waals surface area contributed by atoms with E-state index in [9.17, 15) is 18.5 Å². The van der Waals surface area contributed by atoms with Gasteiger partial charge in [0.25, 0.3) is 0 Å². The van der Waals surface area contributed by atoms with Crippen molar-refractivity contribution >= 4 is 43.9 Å². The molecule has 2 heterocycles. The van der Waals surface area contributed by atoms with Crippen molar-refractivity contribution in [2.24, 2.45) is 11.3 Å². The predicted molar refractivity (Wildman–Crippen MR) is 144 cm³/mol. The van der Waals surface area contributed by atoms with Crippen LogP contribution in [0, 0.1) is 22.7 Å². The molecule has 1 N–H and O–H groups in total. The maximum Gasteiger partial charge on any atom is 0.243 e. The molecule has 0 bridgehead atoms. The smallest absolute Gasteiger partial charge is 0.243 e. The Bertz CT molecular complexity index is 1260. The number of halogens is 1. The van der Waals surface area contributed by atoms with Crippen LogP contribution >= 0.6 is 22.9 Å². The maximum absolute atomic E-state index is 12.9. The molecular weight excluding hydrogens is 516 g/mol. The van der Waals surface area contributed by atoms with Crippen molar-refractivity contribution in [3.05, 3.63) is 45.3 Å². The first-order valence-electron chi connectivity index (χ1n) is 12.4. The number of anilines is 1. The van der Waals surface area contributed by atoms with E-state index in [-0.39, 0.29) is 22.8 Å². The van der Waals surface area contributed by atoms with E-state index >= 15 is 0 Å². The van der Waals surface area contributed by atoms with Gasteiger partial charge in [-0.1, -0.05) is 38.8 Å². The van der Waals surface area contributed by atoms with Gasteiger partial charge in [0.1, 0.15) is 11.1 Å². The molecule has 0 radical (unpaired) electrons. The zero-order valence-corrected chi connectivity index (χ0v) is 23.4. The molecule has 10 heteroatoms. The lowest BCUT2D eigenvalue weighted by molar-refractivity contribution is -0.117. The molecule has 194 valence electrons. The minimum atomic E-state index is -3.59. The normalized spacial score (nSPS) is 19.5. The standard InChI is InChI=1S/C26H33ClN4O3S2/c1-4-26(2,3)18-5-10-21-22(16-28)25(35-23(21)15-18)29-24(32)17-30-11-13-31(14-12-30)36(33,34)20-8-6-19(27)7-9-20/h6-9,18H,4-5,10-15,17H2,1-3H3,(H,29,32). The predicted octanol–water partition coefficient (Wildman–Crippen LogP) is 4.76. The minimum absolute atomic E-state index is 0.160. The molecule has 1 fully saturated rings. The number of nitrogens with zero attached hydrogens (tertiary/aromatic N) is 3. The van der Waals surface area contributed by atoms with Crippen molar-refractivity contribution in [3.63, 3.8) is 0 Å². The summed E-state index contributed by atoms with van der Waals surface area (Å²) < 4.78 is 27.2. The molecule has 4 rings (SSSR count). The summed E-state index contributed by atoms with van der Waals surface area (Å²) in [4.78, 5) is 16.2. The zero-order chi connectivity index (χ0) is 26.1. The first-order valence-corrected chi connectivity index (χ1v) is 15.0. The second-order valence-corrected chi connectivity index (χ2v) is 13.8. The lowest BCUT2D eigenvalue weighted by Crippen LogP contribution is -2.50. The van der Waals surface area contributed by atoms with Crippen molar-refractivity contribution < 1.29 is 13.2 Å². The fraction of sp³-hybridized carbons (Fsp3) is 0.538. The fourth-order valence-corrected chi connectivity index (χ4v) is 7.84. The van der Waals surface area contributed by atoms with Gasteiger partial charge in [0.15, 0.2) is 0 Å². The van der Waals surface area contributed by atoms with Crippen LogP contribution in [0.4, 0.5) is 5.00 Å². The van der Waals surface area contributed by atoms with Crippen LogP contribution in [0.5, 0.6) is 0 Å². The third-order valence-electron chi connectivity index (χ3n) is 7.80. The third-order valence-corrected chi connectivity index (χ3v) is 11.1. The number of carbonyl (C=O) groups excluding carboxylic acids is 1. The molecule has 1 amide bonds. The summed E-state index contributed by atoms with van der Waals surface area (Å²) in [6, 6.07) is 8.48. The third kappa shape index (κ3) is 5.63. The van der Waals surface area contributed by atoms with Gasteiger partial charge in [-0.15, -0.1) is 11.3 Å². The van der Waals surface area contributed by atoms with Gasteiger partial charge in [-0.3, -0.25) is 9.69 Å². The van der Waals surface area contributed by atoms with Gasteiger partial charge in [0.05, 0.1) is 17.0 Å². The number of piperazine rings is 1. The molecule has 1 aliphatic carbocycles. The van der Waals surface area contributed by atoms with Crippen LogP contribution in [0.25, 0.3) is 0 Å². The van der Waals surface area contributed by atoms with Crippen LogP contribution in [0.2, 0.25) is 5.02 Å². The molecule has 1 unspecified atom stereocenters.